The Hall–Kier alpha value is -3.46. The van der Waals surface area contributed by atoms with E-state index in [4.69, 9.17) is 14.6 Å². The number of benzene rings is 2. The fraction of sp³-hybridized carbons (Fsp3) is 0.286. The molecule has 0 bridgehead atoms. The summed E-state index contributed by atoms with van der Waals surface area (Å²) in [5.41, 5.74) is 9.35. The summed E-state index contributed by atoms with van der Waals surface area (Å²) in [5, 5.41) is 13.6. The number of morpholine rings is 1. The van der Waals surface area contributed by atoms with Crippen LogP contribution in [0.1, 0.15) is 16.0 Å². The molecule has 5 aromatic rings. The molecule has 2 aromatic carbocycles. The minimum absolute atomic E-state index is 0.811. The lowest BCUT2D eigenvalue weighted by atomic mass is 10.0. The summed E-state index contributed by atoms with van der Waals surface area (Å²) in [5.74, 6) is 0.927. The molecule has 1 saturated heterocycles. The standard InChI is InChI=1S/C28H27N5O2S/c1-32-23-12-18(4-5-19(23)15-29-32)27-22-14-26-21(28(22)31-30-27)13-25(36-26)20-6-3-17(11-24(20)34-2)16-33-7-9-35-10-8-33/h3-6,11-13,15H,7-10,14,16H2,1-2H3,(H,30,31). The van der Waals surface area contributed by atoms with E-state index in [1.807, 2.05) is 29.3 Å². The minimum atomic E-state index is 0.811. The number of ether oxygens (including phenoxy) is 2. The third kappa shape index (κ3) is 3.56. The van der Waals surface area contributed by atoms with Gasteiger partial charge in [0.2, 0.25) is 0 Å². The SMILES string of the molecule is COc1cc(CN2CCOCC2)ccc1-c1cc2c(s1)Cc1c(-c3ccc4cnn(C)c4c3)n[nH]c1-2. The van der Waals surface area contributed by atoms with Gasteiger partial charge in [0.15, 0.2) is 0 Å². The molecular weight excluding hydrogens is 470 g/mol. The van der Waals surface area contributed by atoms with Gasteiger partial charge in [-0.05, 0) is 29.8 Å². The lowest BCUT2D eigenvalue weighted by molar-refractivity contribution is 0.0342. The maximum absolute atomic E-state index is 5.84. The molecule has 1 aliphatic carbocycles. The summed E-state index contributed by atoms with van der Waals surface area (Å²) in [4.78, 5) is 5.03. The molecule has 2 aliphatic rings. The van der Waals surface area contributed by atoms with Crippen molar-refractivity contribution in [1.82, 2.24) is 24.9 Å². The number of methoxy groups -OCH3 is 1. The minimum Gasteiger partial charge on any atom is -0.496 e. The number of hydrogen-bond acceptors (Lipinski definition) is 6. The van der Waals surface area contributed by atoms with Gasteiger partial charge in [-0.25, -0.2) is 0 Å². The van der Waals surface area contributed by atoms with Crippen LogP contribution in [0.5, 0.6) is 5.75 Å². The number of H-pyrrole nitrogens is 1. The summed E-state index contributed by atoms with van der Waals surface area (Å²) >= 11 is 1.85. The van der Waals surface area contributed by atoms with E-state index < -0.39 is 0 Å². The molecule has 7 rings (SSSR count). The molecule has 0 radical (unpaired) electrons. The van der Waals surface area contributed by atoms with E-state index in [-0.39, 0.29) is 0 Å². The first-order chi connectivity index (χ1) is 17.7. The lowest BCUT2D eigenvalue weighted by Gasteiger charge is -2.26. The highest BCUT2D eigenvalue weighted by Crippen LogP contribution is 2.48. The molecule has 4 heterocycles. The zero-order valence-corrected chi connectivity index (χ0v) is 21.2. The summed E-state index contributed by atoms with van der Waals surface area (Å²) in [6.07, 6.45) is 2.79. The molecule has 182 valence electrons. The summed E-state index contributed by atoms with van der Waals surface area (Å²) in [7, 11) is 3.74. The van der Waals surface area contributed by atoms with E-state index in [0.29, 0.717) is 0 Å². The molecule has 0 amide bonds. The second-order valence-corrected chi connectivity index (χ2v) is 10.7. The van der Waals surface area contributed by atoms with E-state index in [2.05, 4.69) is 57.6 Å². The summed E-state index contributed by atoms with van der Waals surface area (Å²) in [6, 6.07) is 15.4. The molecule has 0 atom stereocenters. The van der Waals surface area contributed by atoms with Gasteiger partial charge in [-0.3, -0.25) is 14.7 Å². The van der Waals surface area contributed by atoms with Gasteiger partial charge in [0.05, 0.1) is 43.4 Å². The summed E-state index contributed by atoms with van der Waals surface area (Å²) < 4.78 is 13.2. The van der Waals surface area contributed by atoms with E-state index in [1.54, 1.807) is 7.11 Å². The Morgan fingerprint density at radius 2 is 1.97 bits per heavy atom. The number of thiophene rings is 1. The molecule has 36 heavy (non-hydrogen) atoms. The van der Waals surface area contributed by atoms with Crippen LogP contribution < -0.4 is 4.74 Å². The van der Waals surface area contributed by atoms with Crippen molar-refractivity contribution in [1.29, 1.82) is 0 Å². The van der Waals surface area contributed by atoms with Gasteiger partial charge >= 0.3 is 0 Å². The van der Waals surface area contributed by atoms with Crippen molar-refractivity contribution in [3.63, 3.8) is 0 Å². The highest BCUT2D eigenvalue weighted by atomic mass is 32.1. The number of nitrogens with one attached hydrogen (secondary N) is 1. The molecule has 0 spiro atoms. The van der Waals surface area contributed by atoms with E-state index in [9.17, 15) is 0 Å². The first-order valence-electron chi connectivity index (χ1n) is 12.3. The second-order valence-electron chi connectivity index (χ2n) is 9.51. The Morgan fingerprint density at radius 3 is 2.83 bits per heavy atom. The number of hydrogen-bond donors (Lipinski definition) is 1. The topological polar surface area (TPSA) is 68.2 Å². The van der Waals surface area contributed by atoms with Gasteiger partial charge in [-0.15, -0.1) is 11.3 Å². The van der Waals surface area contributed by atoms with Crippen LogP contribution in [-0.4, -0.2) is 58.3 Å². The quantitative estimate of drug-likeness (QED) is 0.359. The Morgan fingerprint density at radius 1 is 1.08 bits per heavy atom. The highest BCUT2D eigenvalue weighted by molar-refractivity contribution is 7.16. The van der Waals surface area contributed by atoms with Gasteiger partial charge in [-0.2, -0.15) is 10.2 Å². The lowest BCUT2D eigenvalue weighted by Crippen LogP contribution is -2.35. The van der Waals surface area contributed by atoms with Gasteiger partial charge in [0, 0.05) is 70.5 Å². The molecule has 7 nitrogen and oxygen atoms in total. The number of aryl methyl sites for hydroxylation is 1. The maximum Gasteiger partial charge on any atom is 0.127 e. The van der Waals surface area contributed by atoms with Crippen molar-refractivity contribution in [2.45, 2.75) is 13.0 Å². The predicted octanol–water partition coefficient (Wildman–Crippen LogP) is 5.10. The van der Waals surface area contributed by atoms with Crippen molar-refractivity contribution < 1.29 is 9.47 Å². The van der Waals surface area contributed by atoms with Gasteiger partial charge in [-0.1, -0.05) is 18.2 Å². The average molecular weight is 498 g/mol. The summed E-state index contributed by atoms with van der Waals surface area (Å²) in [6.45, 7) is 4.50. The van der Waals surface area contributed by atoms with Crippen LogP contribution in [0.3, 0.4) is 0 Å². The number of aromatic nitrogens is 4. The Kier molecular flexibility index (Phi) is 5.20. The largest absolute Gasteiger partial charge is 0.496 e. The zero-order valence-electron chi connectivity index (χ0n) is 20.4. The van der Waals surface area contributed by atoms with Gasteiger partial charge < -0.3 is 9.47 Å². The van der Waals surface area contributed by atoms with Crippen LogP contribution >= 0.6 is 11.3 Å². The number of rotatable bonds is 5. The highest BCUT2D eigenvalue weighted by Gasteiger charge is 2.28. The third-order valence-electron chi connectivity index (χ3n) is 7.35. The Bertz CT molecular complexity index is 1590. The monoisotopic (exact) mass is 497 g/mol. The number of nitrogens with zero attached hydrogens (tertiary/aromatic N) is 4. The van der Waals surface area contributed by atoms with Crippen LogP contribution in [0.4, 0.5) is 0 Å². The molecule has 3 aromatic heterocycles. The molecule has 0 saturated carbocycles. The van der Waals surface area contributed by atoms with Crippen molar-refractivity contribution in [3.8, 4) is 38.7 Å². The first kappa shape index (κ1) is 21.8. The van der Waals surface area contributed by atoms with Crippen molar-refractivity contribution in [2.24, 2.45) is 7.05 Å². The number of aromatic amines is 1. The molecule has 1 aliphatic heterocycles. The Labute approximate surface area is 213 Å². The molecule has 1 fully saturated rings. The fourth-order valence-electron chi connectivity index (χ4n) is 5.41. The van der Waals surface area contributed by atoms with Gasteiger partial charge in [0.1, 0.15) is 5.75 Å². The van der Waals surface area contributed by atoms with Crippen LogP contribution in [0.15, 0.2) is 48.7 Å². The molecular formula is C28H27N5O2S. The van der Waals surface area contributed by atoms with E-state index in [1.165, 1.54) is 26.4 Å². The van der Waals surface area contributed by atoms with Crippen LogP contribution in [-0.2, 0) is 24.8 Å². The molecule has 0 unspecified atom stereocenters. The molecule has 1 N–H and O–H groups in total. The van der Waals surface area contributed by atoms with Crippen molar-refractivity contribution in [2.75, 3.05) is 33.4 Å². The average Bonchev–Trinajstić information content (AvgIpc) is 3.66. The Balaban J connectivity index is 1.19. The normalized spacial score (nSPS) is 15.4. The maximum atomic E-state index is 5.84. The van der Waals surface area contributed by atoms with Crippen LogP contribution in [0.2, 0.25) is 0 Å². The molecule has 8 heteroatoms. The number of fused-ring (bicyclic) bond motifs is 4. The third-order valence-corrected chi connectivity index (χ3v) is 8.51. The first-order valence-corrected chi connectivity index (χ1v) is 13.1. The van der Waals surface area contributed by atoms with Crippen LogP contribution in [0.25, 0.3) is 43.9 Å². The smallest absolute Gasteiger partial charge is 0.127 e. The van der Waals surface area contributed by atoms with Crippen LogP contribution in [0, 0.1) is 0 Å². The van der Waals surface area contributed by atoms with E-state index >= 15 is 0 Å². The van der Waals surface area contributed by atoms with Crippen molar-refractivity contribution >= 4 is 22.2 Å². The van der Waals surface area contributed by atoms with Gasteiger partial charge in [0.25, 0.3) is 0 Å². The van der Waals surface area contributed by atoms with E-state index in [0.717, 1.165) is 78.4 Å². The zero-order chi connectivity index (χ0) is 24.2. The van der Waals surface area contributed by atoms with Crippen molar-refractivity contribution in [3.05, 3.63) is 64.7 Å². The fourth-order valence-corrected chi connectivity index (χ4v) is 6.62. The second kappa shape index (κ2) is 8.58. The predicted molar refractivity (Wildman–Crippen MR) is 142 cm³/mol.